The van der Waals surface area contributed by atoms with Gasteiger partial charge in [-0.1, -0.05) is 97.1 Å². The number of fused-ring (bicyclic) bond motifs is 9. The van der Waals surface area contributed by atoms with Crippen LogP contribution in [0.3, 0.4) is 0 Å². The molecule has 10 rings (SSSR count). The van der Waals surface area contributed by atoms with Crippen molar-refractivity contribution in [2.75, 3.05) is 0 Å². The van der Waals surface area contributed by atoms with Gasteiger partial charge >= 0.3 is 0 Å². The average molecular weight is 625 g/mol. The van der Waals surface area contributed by atoms with Crippen molar-refractivity contribution in [1.29, 1.82) is 0 Å². The molecule has 0 spiro atoms. The Morgan fingerprint density at radius 2 is 1.04 bits per heavy atom. The van der Waals surface area contributed by atoms with Gasteiger partial charge in [-0.25, -0.2) is 4.85 Å². The van der Waals surface area contributed by atoms with Crippen LogP contribution in [0.15, 0.2) is 150 Å². The minimum Gasteiger partial charge on any atom is -0.456 e. The molecule has 226 valence electrons. The molecule has 10 aromatic rings. The van der Waals surface area contributed by atoms with Crippen molar-refractivity contribution >= 4 is 76.9 Å². The number of hydrogen-bond acceptors (Lipinski definition) is 1. The van der Waals surface area contributed by atoms with Gasteiger partial charge in [-0.2, -0.15) is 0 Å². The van der Waals surface area contributed by atoms with E-state index in [2.05, 4.69) is 110 Å². The molecule has 5 heteroatoms. The zero-order chi connectivity index (χ0) is 32.6. The molecule has 0 saturated carbocycles. The molecular weight excluding hydrogens is 601 g/mol. The number of aromatic nitrogens is 2. The predicted octanol–water partition coefficient (Wildman–Crippen LogP) is 12.5. The normalized spacial score (nSPS) is 11.6. The van der Waals surface area contributed by atoms with E-state index < -0.39 is 0 Å². The Bertz CT molecular complexity index is 3020. The molecule has 49 heavy (non-hydrogen) atoms. The topological polar surface area (TPSA) is 31.7 Å². The van der Waals surface area contributed by atoms with Gasteiger partial charge in [0.05, 0.1) is 35.2 Å². The molecule has 3 aromatic heterocycles. The fourth-order valence-corrected chi connectivity index (χ4v) is 7.65. The molecule has 0 aliphatic carbocycles. The summed E-state index contributed by atoms with van der Waals surface area (Å²) in [5, 5.41) is 6.70. The maximum Gasteiger partial charge on any atom is 0.218 e. The lowest BCUT2D eigenvalue weighted by molar-refractivity contribution is 0.669. The van der Waals surface area contributed by atoms with E-state index in [1.807, 2.05) is 48.5 Å². The molecule has 0 amide bonds. The quantitative estimate of drug-likeness (QED) is 0.180. The van der Waals surface area contributed by atoms with Gasteiger partial charge in [-0.3, -0.25) is 4.85 Å². The highest BCUT2D eigenvalue weighted by Crippen LogP contribution is 2.46. The molecule has 0 aliphatic rings. The standard InChI is InChI=1S/C44H24N4O/c1-45-36-24-23-29(44(43(36)46-2)48-38-16-8-3-11-30(38)31-12-4-9-17-39(31)48)27-19-21-28(22-20-27)47-37-15-7-5-13-32(37)34-26-42-35(25-40(34)47)33-14-6-10-18-41(33)49-42/h3-26H. The molecule has 0 saturated heterocycles. The zero-order valence-corrected chi connectivity index (χ0v) is 26.1. The lowest BCUT2D eigenvalue weighted by atomic mass is 10.0. The maximum absolute atomic E-state index is 8.24. The van der Waals surface area contributed by atoms with Crippen molar-refractivity contribution in [2.24, 2.45) is 0 Å². The highest BCUT2D eigenvalue weighted by molar-refractivity contribution is 6.17. The summed E-state index contributed by atoms with van der Waals surface area (Å²) >= 11 is 0. The van der Waals surface area contributed by atoms with Gasteiger partial charge in [0, 0.05) is 43.7 Å². The van der Waals surface area contributed by atoms with Crippen molar-refractivity contribution in [3.05, 3.63) is 168 Å². The van der Waals surface area contributed by atoms with Crippen LogP contribution in [0.5, 0.6) is 0 Å². The minimum absolute atomic E-state index is 0.343. The summed E-state index contributed by atoms with van der Waals surface area (Å²) in [7, 11) is 0. The van der Waals surface area contributed by atoms with E-state index in [-0.39, 0.29) is 0 Å². The van der Waals surface area contributed by atoms with E-state index in [1.54, 1.807) is 6.07 Å². The molecular formula is C44H24N4O. The van der Waals surface area contributed by atoms with Crippen LogP contribution in [0.1, 0.15) is 0 Å². The maximum atomic E-state index is 8.24. The first kappa shape index (κ1) is 27.1. The van der Waals surface area contributed by atoms with Crippen LogP contribution >= 0.6 is 0 Å². The molecule has 0 N–H and O–H groups in total. The predicted molar refractivity (Wildman–Crippen MR) is 200 cm³/mol. The van der Waals surface area contributed by atoms with Crippen LogP contribution in [0.4, 0.5) is 11.4 Å². The second-order valence-electron chi connectivity index (χ2n) is 12.3. The van der Waals surface area contributed by atoms with Gasteiger partial charge in [0.25, 0.3) is 0 Å². The van der Waals surface area contributed by atoms with Crippen LogP contribution < -0.4 is 0 Å². The third kappa shape index (κ3) is 3.79. The van der Waals surface area contributed by atoms with Crippen molar-refractivity contribution in [2.45, 2.75) is 0 Å². The molecule has 0 unspecified atom stereocenters. The van der Waals surface area contributed by atoms with E-state index in [0.29, 0.717) is 11.4 Å². The fourth-order valence-electron chi connectivity index (χ4n) is 7.65. The minimum atomic E-state index is 0.343. The Balaban J connectivity index is 1.21. The smallest absolute Gasteiger partial charge is 0.218 e. The number of furan rings is 1. The van der Waals surface area contributed by atoms with Gasteiger partial charge < -0.3 is 13.6 Å². The molecule has 0 fully saturated rings. The Hall–Kier alpha value is -7.08. The average Bonchev–Trinajstić information content (AvgIpc) is 3.80. The molecule has 0 aliphatic heterocycles. The Kier molecular flexibility index (Phi) is 5.64. The van der Waals surface area contributed by atoms with Gasteiger partial charge in [0.15, 0.2) is 5.69 Å². The lowest BCUT2D eigenvalue weighted by Crippen LogP contribution is -1.98. The van der Waals surface area contributed by atoms with Crippen LogP contribution in [0.2, 0.25) is 0 Å². The van der Waals surface area contributed by atoms with Crippen LogP contribution in [0.25, 0.3) is 97.7 Å². The molecule has 3 heterocycles. The van der Waals surface area contributed by atoms with Crippen molar-refractivity contribution in [3.8, 4) is 22.5 Å². The Morgan fingerprint density at radius 3 is 1.69 bits per heavy atom. The van der Waals surface area contributed by atoms with Crippen molar-refractivity contribution < 1.29 is 4.42 Å². The zero-order valence-electron chi connectivity index (χ0n) is 26.1. The number of benzene rings is 7. The Morgan fingerprint density at radius 1 is 0.449 bits per heavy atom. The van der Waals surface area contributed by atoms with E-state index in [0.717, 1.165) is 88.1 Å². The van der Waals surface area contributed by atoms with Gasteiger partial charge in [-0.15, -0.1) is 0 Å². The summed E-state index contributed by atoms with van der Waals surface area (Å²) in [6, 6.07) is 49.9. The van der Waals surface area contributed by atoms with Crippen LogP contribution in [-0.2, 0) is 0 Å². The summed E-state index contributed by atoms with van der Waals surface area (Å²) in [6.45, 7) is 16.1. The Labute approximate surface area is 280 Å². The van der Waals surface area contributed by atoms with Gasteiger partial charge in [-0.05, 0) is 59.7 Å². The first-order valence-electron chi connectivity index (χ1n) is 16.1. The van der Waals surface area contributed by atoms with Gasteiger partial charge in [0.1, 0.15) is 11.2 Å². The van der Waals surface area contributed by atoms with E-state index in [9.17, 15) is 0 Å². The molecule has 0 atom stereocenters. The molecule has 0 radical (unpaired) electrons. The first-order valence-corrected chi connectivity index (χ1v) is 16.1. The number of para-hydroxylation sites is 4. The monoisotopic (exact) mass is 624 g/mol. The highest BCUT2D eigenvalue weighted by Gasteiger charge is 2.22. The fraction of sp³-hybridized carbons (Fsp3) is 0. The third-order valence-electron chi connectivity index (χ3n) is 9.77. The van der Waals surface area contributed by atoms with E-state index >= 15 is 0 Å². The third-order valence-corrected chi connectivity index (χ3v) is 9.77. The summed E-state index contributed by atoms with van der Waals surface area (Å²) in [6.07, 6.45) is 0. The second kappa shape index (κ2) is 10.2. The van der Waals surface area contributed by atoms with Crippen molar-refractivity contribution in [3.63, 3.8) is 0 Å². The van der Waals surface area contributed by atoms with E-state index in [4.69, 9.17) is 17.6 Å². The number of hydrogen-bond donors (Lipinski definition) is 0. The van der Waals surface area contributed by atoms with Crippen LogP contribution in [0, 0.1) is 13.1 Å². The second-order valence-corrected chi connectivity index (χ2v) is 12.3. The molecule has 5 nitrogen and oxygen atoms in total. The largest absolute Gasteiger partial charge is 0.456 e. The molecule has 0 bridgehead atoms. The van der Waals surface area contributed by atoms with Gasteiger partial charge in [0.2, 0.25) is 5.69 Å². The summed E-state index contributed by atoms with van der Waals surface area (Å²) in [5.74, 6) is 0. The van der Waals surface area contributed by atoms with Crippen molar-refractivity contribution in [1.82, 2.24) is 9.13 Å². The molecule has 7 aromatic carbocycles. The first-order chi connectivity index (χ1) is 24.2. The number of nitrogens with zero attached hydrogens (tertiary/aromatic N) is 4. The summed E-state index contributed by atoms with van der Waals surface area (Å²) < 4.78 is 10.7. The SMILES string of the molecule is [C-]#[N+]c1ccc(-c2ccc(-n3c4ccccc4c4cc5oc6ccccc6c5cc43)cc2)c(-n2c3ccccc3c3ccccc32)c1[N+]#[C-]. The highest BCUT2D eigenvalue weighted by atomic mass is 16.3. The van der Waals surface area contributed by atoms with Crippen LogP contribution in [-0.4, -0.2) is 9.13 Å². The summed E-state index contributed by atoms with van der Waals surface area (Å²) in [4.78, 5) is 7.73. The lowest BCUT2D eigenvalue weighted by Gasteiger charge is -2.18. The summed E-state index contributed by atoms with van der Waals surface area (Å²) in [5.41, 5.74) is 10.3. The van der Waals surface area contributed by atoms with E-state index in [1.165, 1.54) is 0 Å². The number of rotatable bonds is 3.